The van der Waals surface area contributed by atoms with Crippen LogP contribution in [0.4, 0.5) is 11.4 Å². The number of amides is 2. The van der Waals surface area contributed by atoms with Crippen LogP contribution in [-0.2, 0) is 19.6 Å². The normalized spacial score (nSPS) is 11.3. The highest BCUT2D eigenvalue weighted by Crippen LogP contribution is 2.28. The summed E-state index contributed by atoms with van der Waals surface area (Å²) in [5.74, 6) is -0.255. The van der Waals surface area contributed by atoms with E-state index in [0.29, 0.717) is 34.8 Å². The van der Waals surface area contributed by atoms with Gasteiger partial charge in [0.1, 0.15) is 5.75 Å². The first kappa shape index (κ1) is 26.7. The number of hydrogen-bond donors (Lipinski definition) is 3. The van der Waals surface area contributed by atoms with Gasteiger partial charge in [0, 0.05) is 35.6 Å². The van der Waals surface area contributed by atoms with Gasteiger partial charge in [-0.1, -0.05) is 43.7 Å². The molecule has 3 aromatic carbocycles. The van der Waals surface area contributed by atoms with E-state index in [4.69, 9.17) is 4.74 Å². The monoisotopic (exact) mass is 507 g/mol. The Morgan fingerprint density at radius 2 is 1.39 bits per heavy atom. The summed E-state index contributed by atoms with van der Waals surface area (Å²) < 4.78 is 33.2. The van der Waals surface area contributed by atoms with Crippen molar-refractivity contribution in [3.8, 4) is 16.9 Å². The van der Waals surface area contributed by atoms with Crippen molar-refractivity contribution in [2.45, 2.75) is 24.7 Å². The Morgan fingerprint density at radius 1 is 0.833 bits per heavy atom. The van der Waals surface area contributed by atoms with Gasteiger partial charge in [-0.3, -0.25) is 9.59 Å². The van der Waals surface area contributed by atoms with Crippen molar-refractivity contribution in [3.05, 3.63) is 84.9 Å². The molecule has 8 nitrogen and oxygen atoms in total. The number of carbonyl (C=O) groups is 2. The smallest absolute Gasteiger partial charge is 0.248 e. The zero-order valence-corrected chi connectivity index (χ0v) is 21.0. The van der Waals surface area contributed by atoms with E-state index >= 15 is 0 Å². The van der Waals surface area contributed by atoms with Crippen LogP contribution in [0.3, 0.4) is 0 Å². The zero-order valence-electron chi connectivity index (χ0n) is 20.2. The fourth-order valence-corrected chi connectivity index (χ4v) is 4.63. The maximum absolute atomic E-state index is 12.8. The minimum absolute atomic E-state index is 0.198. The van der Waals surface area contributed by atoms with Crippen molar-refractivity contribution in [1.82, 2.24) is 4.72 Å². The number of carbonyl (C=O) groups excluding carboxylic acids is 2. The molecule has 0 aliphatic rings. The molecule has 3 rings (SSSR count). The third-order valence-electron chi connectivity index (χ3n) is 5.21. The van der Waals surface area contributed by atoms with Crippen molar-refractivity contribution < 1.29 is 22.7 Å². The maximum Gasteiger partial charge on any atom is 0.248 e. The van der Waals surface area contributed by atoms with Crippen LogP contribution in [0.15, 0.2) is 89.8 Å². The molecule has 3 aromatic rings. The molecule has 0 heterocycles. The van der Waals surface area contributed by atoms with Crippen LogP contribution in [0, 0.1) is 0 Å². The number of sulfonamides is 1. The van der Waals surface area contributed by atoms with Crippen molar-refractivity contribution >= 4 is 33.2 Å². The molecule has 0 fully saturated rings. The number of anilines is 2. The first-order valence-corrected chi connectivity index (χ1v) is 12.9. The summed E-state index contributed by atoms with van der Waals surface area (Å²) in [6.45, 7) is 2.37. The van der Waals surface area contributed by atoms with Crippen LogP contribution >= 0.6 is 0 Å². The quantitative estimate of drug-likeness (QED) is 0.260. The average molecular weight is 508 g/mol. The van der Waals surface area contributed by atoms with Gasteiger partial charge in [0.15, 0.2) is 0 Å². The predicted octanol–water partition coefficient (Wildman–Crippen LogP) is 4.57. The van der Waals surface area contributed by atoms with E-state index in [1.54, 1.807) is 79.9 Å². The molecule has 0 aliphatic heterocycles. The molecule has 36 heavy (non-hydrogen) atoms. The van der Waals surface area contributed by atoms with Gasteiger partial charge in [0.2, 0.25) is 21.8 Å². The second-order valence-corrected chi connectivity index (χ2v) is 9.60. The summed E-state index contributed by atoms with van der Waals surface area (Å²) in [5.41, 5.74) is 2.34. The number of rotatable bonds is 11. The molecule has 0 atom stereocenters. The van der Waals surface area contributed by atoms with Crippen molar-refractivity contribution in [3.63, 3.8) is 0 Å². The number of methoxy groups -OCH3 is 1. The second kappa shape index (κ2) is 12.7. The number of hydrogen-bond acceptors (Lipinski definition) is 5. The van der Waals surface area contributed by atoms with Crippen LogP contribution in [0.1, 0.15) is 19.8 Å². The van der Waals surface area contributed by atoms with Gasteiger partial charge in [-0.05, 0) is 54.4 Å². The molecule has 0 saturated heterocycles. The fraction of sp³-hybridized carbons (Fsp3) is 0.185. The summed E-state index contributed by atoms with van der Waals surface area (Å²) >= 11 is 0. The molecule has 0 spiro atoms. The molecule has 0 radical (unpaired) electrons. The van der Waals surface area contributed by atoms with E-state index in [0.717, 1.165) is 25.0 Å². The summed E-state index contributed by atoms with van der Waals surface area (Å²) in [5, 5.41) is 5.34. The Labute approximate surface area is 211 Å². The second-order valence-electron chi connectivity index (χ2n) is 7.87. The summed E-state index contributed by atoms with van der Waals surface area (Å²) in [4.78, 5) is 24.5. The SMILES string of the molecule is CCCCNS(=O)(=O)c1ccccc1-c1ccc(NC(=O)/C=C/C(=O)Nc2ccc(OC)cc2)cc1. The molecule has 0 aliphatic carbocycles. The molecular formula is C27H29N3O5S. The summed E-state index contributed by atoms with van der Waals surface area (Å²) in [6, 6.07) is 20.4. The standard InChI is InChI=1S/C27H29N3O5S/c1-3-4-19-28-36(33,34)25-8-6-5-7-24(25)20-9-11-21(12-10-20)29-26(31)17-18-27(32)30-22-13-15-23(35-2)16-14-22/h5-18,28H,3-4,19H2,1-2H3,(H,29,31)(H,30,32)/b18-17+. The Bertz CT molecular complexity index is 1320. The first-order chi connectivity index (χ1) is 17.3. The molecule has 9 heteroatoms. The van der Waals surface area contributed by atoms with Crippen LogP contribution < -0.4 is 20.1 Å². The molecule has 188 valence electrons. The van der Waals surface area contributed by atoms with E-state index in [-0.39, 0.29) is 4.90 Å². The van der Waals surface area contributed by atoms with Crippen LogP contribution in [-0.4, -0.2) is 33.9 Å². The highest BCUT2D eigenvalue weighted by atomic mass is 32.2. The van der Waals surface area contributed by atoms with Gasteiger partial charge in [-0.2, -0.15) is 0 Å². The Morgan fingerprint density at radius 3 is 1.94 bits per heavy atom. The van der Waals surface area contributed by atoms with Gasteiger partial charge in [0.05, 0.1) is 12.0 Å². The first-order valence-electron chi connectivity index (χ1n) is 11.5. The fourth-order valence-electron chi connectivity index (χ4n) is 3.33. The Kier molecular flexibility index (Phi) is 9.38. The third-order valence-corrected chi connectivity index (χ3v) is 6.73. The minimum atomic E-state index is -3.66. The number of nitrogens with one attached hydrogen (secondary N) is 3. The van der Waals surface area contributed by atoms with Crippen LogP contribution in [0.25, 0.3) is 11.1 Å². The maximum atomic E-state index is 12.8. The summed E-state index contributed by atoms with van der Waals surface area (Å²) in [6.07, 6.45) is 3.92. The highest BCUT2D eigenvalue weighted by Gasteiger charge is 2.18. The molecule has 2 amide bonds. The lowest BCUT2D eigenvalue weighted by atomic mass is 10.1. The van der Waals surface area contributed by atoms with Gasteiger partial charge in [-0.15, -0.1) is 0 Å². The van der Waals surface area contributed by atoms with E-state index < -0.39 is 21.8 Å². The van der Waals surface area contributed by atoms with Crippen molar-refractivity contribution in [2.75, 3.05) is 24.3 Å². The largest absolute Gasteiger partial charge is 0.497 e. The van der Waals surface area contributed by atoms with E-state index in [1.165, 1.54) is 0 Å². The van der Waals surface area contributed by atoms with Crippen LogP contribution in [0.2, 0.25) is 0 Å². The molecule has 0 unspecified atom stereocenters. The lowest BCUT2D eigenvalue weighted by Crippen LogP contribution is -2.25. The van der Waals surface area contributed by atoms with E-state index in [9.17, 15) is 18.0 Å². The predicted molar refractivity (Wildman–Crippen MR) is 141 cm³/mol. The van der Waals surface area contributed by atoms with Gasteiger partial charge in [-0.25, -0.2) is 13.1 Å². The minimum Gasteiger partial charge on any atom is -0.497 e. The van der Waals surface area contributed by atoms with E-state index in [1.807, 2.05) is 6.92 Å². The zero-order chi connectivity index (χ0) is 26.0. The highest BCUT2D eigenvalue weighted by molar-refractivity contribution is 7.89. The van der Waals surface area contributed by atoms with Gasteiger partial charge in [0.25, 0.3) is 0 Å². The van der Waals surface area contributed by atoms with Gasteiger partial charge < -0.3 is 15.4 Å². The number of benzene rings is 3. The molecule has 0 saturated carbocycles. The van der Waals surface area contributed by atoms with Crippen molar-refractivity contribution in [2.24, 2.45) is 0 Å². The van der Waals surface area contributed by atoms with Gasteiger partial charge >= 0.3 is 0 Å². The topological polar surface area (TPSA) is 114 Å². The number of ether oxygens (including phenoxy) is 1. The Hall–Kier alpha value is -3.95. The van der Waals surface area contributed by atoms with Crippen molar-refractivity contribution in [1.29, 1.82) is 0 Å². The molecule has 0 bridgehead atoms. The number of unbranched alkanes of at least 4 members (excludes halogenated alkanes) is 1. The Balaban J connectivity index is 1.63. The van der Waals surface area contributed by atoms with E-state index in [2.05, 4.69) is 15.4 Å². The van der Waals surface area contributed by atoms with Crippen LogP contribution in [0.5, 0.6) is 5.75 Å². The summed E-state index contributed by atoms with van der Waals surface area (Å²) in [7, 11) is -2.10. The lowest BCUT2D eigenvalue weighted by Gasteiger charge is -2.12. The molecule has 0 aromatic heterocycles. The molecule has 3 N–H and O–H groups in total. The lowest BCUT2D eigenvalue weighted by molar-refractivity contribution is -0.114. The average Bonchev–Trinajstić information content (AvgIpc) is 2.88. The third kappa shape index (κ3) is 7.53. The molecular weight excluding hydrogens is 478 g/mol.